The number of likely N-dealkylation sites (tertiary alicyclic amines) is 1. The normalized spacial score (nSPS) is 22.0. The van der Waals surface area contributed by atoms with Crippen LogP contribution in [0.15, 0.2) is 65.4 Å². The Kier molecular flexibility index (Phi) is 4.00. The van der Waals surface area contributed by atoms with Crippen LogP contribution in [0.1, 0.15) is 45.5 Å². The Morgan fingerprint density at radius 1 is 0.903 bits per heavy atom. The standard InChI is InChI=1S/C26H22N2O3/c1-15-8-7-11-19-23(15)27-24-20(31-19)14-18(28-12-5-2-6-13-28)21-22(24)26(30)17-10-4-3-9-16(17)25(21)29/h3-4,7-11,14,20H,2,5-6,12-13H2,1H3/p+1. The minimum Gasteiger partial charge on any atom is -0.468 e. The first kappa shape index (κ1) is 18.3. The van der Waals surface area contributed by atoms with Gasteiger partial charge < -0.3 is 9.64 Å². The quantitative estimate of drug-likeness (QED) is 0.784. The SMILES string of the molecule is Cc1cccc2c1[NH+]=C1C3=C(C(=O)c4ccccc4C3=O)C(N3CCCCC3)=CC1O2. The molecule has 31 heavy (non-hydrogen) atoms. The first-order valence-corrected chi connectivity index (χ1v) is 10.9. The van der Waals surface area contributed by atoms with Crippen molar-refractivity contribution >= 4 is 23.0 Å². The number of Topliss-reactive ketones (excluding diaryl/α,β-unsaturated/α-hetero) is 2. The number of fused-ring (bicyclic) bond motifs is 4. The molecule has 5 nitrogen and oxygen atoms in total. The smallest absolute Gasteiger partial charge is 0.249 e. The summed E-state index contributed by atoms with van der Waals surface area (Å²) < 4.78 is 6.36. The van der Waals surface area contributed by atoms with Crippen LogP contribution in [0.3, 0.4) is 0 Å². The van der Waals surface area contributed by atoms with Crippen molar-refractivity contribution in [3.63, 3.8) is 0 Å². The minimum absolute atomic E-state index is 0.0784. The highest BCUT2D eigenvalue weighted by molar-refractivity contribution is 6.39. The number of carbonyl (C=O) groups is 2. The molecule has 6 rings (SSSR count). The van der Waals surface area contributed by atoms with Crippen molar-refractivity contribution in [2.75, 3.05) is 13.1 Å². The topological polar surface area (TPSA) is 60.6 Å². The number of ether oxygens (including phenoxy) is 1. The second kappa shape index (κ2) is 6.77. The van der Waals surface area contributed by atoms with Crippen LogP contribution >= 0.6 is 0 Å². The van der Waals surface area contributed by atoms with Gasteiger partial charge in [-0.1, -0.05) is 36.4 Å². The molecule has 0 bridgehead atoms. The molecule has 1 unspecified atom stereocenters. The summed E-state index contributed by atoms with van der Waals surface area (Å²) in [4.78, 5) is 33.1. The van der Waals surface area contributed by atoms with Gasteiger partial charge in [-0.2, -0.15) is 0 Å². The van der Waals surface area contributed by atoms with E-state index in [9.17, 15) is 9.59 Å². The molecule has 0 amide bonds. The number of hydrogen-bond acceptors (Lipinski definition) is 4. The van der Waals surface area contributed by atoms with Gasteiger partial charge in [-0.15, -0.1) is 0 Å². The minimum atomic E-state index is -0.424. The van der Waals surface area contributed by atoms with E-state index in [2.05, 4.69) is 9.89 Å². The largest absolute Gasteiger partial charge is 0.468 e. The van der Waals surface area contributed by atoms with E-state index in [1.54, 1.807) is 12.1 Å². The van der Waals surface area contributed by atoms with Crippen molar-refractivity contribution in [2.45, 2.75) is 32.3 Å². The molecule has 1 N–H and O–H groups in total. The van der Waals surface area contributed by atoms with Crippen LogP contribution in [0.2, 0.25) is 0 Å². The predicted octanol–water partition coefficient (Wildman–Crippen LogP) is 2.67. The van der Waals surface area contributed by atoms with Gasteiger partial charge in [0.1, 0.15) is 5.57 Å². The molecule has 4 aliphatic rings. The van der Waals surface area contributed by atoms with Gasteiger partial charge >= 0.3 is 0 Å². The summed E-state index contributed by atoms with van der Waals surface area (Å²) >= 11 is 0. The highest BCUT2D eigenvalue weighted by Gasteiger charge is 2.47. The fourth-order valence-corrected chi connectivity index (χ4v) is 5.12. The number of nitrogens with zero attached hydrogens (tertiary/aromatic N) is 1. The van der Waals surface area contributed by atoms with Crippen molar-refractivity contribution in [3.8, 4) is 5.75 Å². The van der Waals surface area contributed by atoms with Crippen molar-refractivity contribution in [1.82, 2.24) is 4.90 Å². The molecule has 1 saturated heterocycles. The van der Waals surface area contributed by atoms with Crippen molar-refractivity contribution in [3.05, 3.63) is 82.1 Å². The highest BCUT2D eigenvalue weighted by atomic mass is 16.5. The molecule has 0 aromatic heterocycles. The van der Waals surface area contributed by atoms with Crippen LogP contribution in [-0.4, -0.2) is 41.4 Å². The van der Waals surface area contributed by atoms with E-state index in [1.165, 1.54) is 6.42 Å². The summed E-state index contributed by atoms with van der Waals surface area (Å²) in [6.45, 7) is 3.78. The third kappa shape index (κ3) is 2.66. The number of rotatable bonds is 1. The maximum Gasteiger partial charge on any atom is 0.249 e. The van der Waals surface area contributed by atoms with Gasteiger partial charge in [0.25, 0.3) is 0 Å². The lowest BCUT2D eigenvalue weighted by Crippen LogP contribution is -2.74. The molecule has 1 atom stereocenters. The van der Waals surface area contributed by atoms with E-state index in [0.29, 0.717) is 28.0 Å². The fourth-order valence-electron chi connectivity index (χ4n) is 5.12. The molecule has 2 aromatic rings. The van der Waals surface area contributed by atoms with E-state index in [4.69, 9.17) is 4.74 Å². The Morgan fingerprint density at radius 2 is 1.61 bits per heavy atom. The summed E-state index contributed by atoms with van der Waals surface area (Å²) in [6.07, 6.45) is 4.96. The monoisotopic (exact) mass is 411 g/mol. The van der Waals surface area contributed by atoms with E-state index >= 15 is 0 Å². The second-order valence-corrected chi connectivity index (χ2v) is 8.58. The Hall–Kier alpha value is -3.47. The molecule has 2 aliphatic heterocycles. The number of hydrogen-bond donors (Lipinski definition) is 1. The molecule has 0 saturated carbocycles. The molecular formula is C26H23N2O3+. The van der Waals surface area contributed by atoms with E-state index in [-0.39, 0.29) is 11.6 Å². The van der Waals surface area contributed by atoms with Crippen molar-refractivity contribution < 1.29 is 19.3 Å². The number of carbonyl (C=O) groups excluding carboxylic acids is 2. The molecule has 5 heteroatoms. The van der Waals surface area contributed by atoms with Gasteiger partial charge in [0.2, 0.25) is 23.3 Å². The average molecular weight is 411 g/mol. The number of benzene rings is 2. The lowest BCUT2D eigenvalue weighted by atomic mass is 9.76. The van der Waals surface area contributed by atoms with Crippen LogP contribution in [0.25, 0.3) is 0 Å². The van der Waals surface area contributed by atoms with E-state index in [0.717, 1.165) is 48.6 Å². The van der Waals surface area contributed by atoms with Gasteiger partial charge in [-0.3, -0.25) is 9.59 Å². The lowest BCUT2D eigenvalue weighted by molar-refractivity contribution is -0.363. The Morgan fingerprint density at radius 3 is 2.35 bits per heavy atom. The lowest BCUT2D eigenvalue weighted by Gasteiger charge is -2.37. The second-order valence-electron chi connectivity index (χ2n) is 8.58. The number of ketones is 2. The predicted molar refractivity (Wildman–Crippen MR) is 117 cm³/mol. The van der Waals surface area contributed by atoms with Crippen molar-refractivity contribution in [1.29, 1.82) is 0 Å². The number of aryl methyl sites for hydroxylation is 1. The van der Waals surface area contributed by atoms with Crippen LogP contribution in [-0.2, 0) is 0 Å². The molecule has 2 heterocycles. The Balaban J connectivity index is 1.60. The number of nitrogens with one attached hydrogen (secondary N) is 1. The van der Waals surface area contributed by atoms with Crippen molar-refractivity contribution in [2.24, 2.45) is 0 Å². The van der Waals surface area contributed by atoms with Crippen LogP contribution in [0.5, 0.6) is 5.75 Å². The van der Waals surface area contributed by atoms with E-state index < -0.39 is 6.10 Å². The zero-order valence-corrected chi connectivity index (χ0v) is 17.4. The van der Waals surface area contributed by atoms with Gasteiger partial charge in [-0.25, -0.2) is 4.99 Å². The number of para-hydroxylation sites is 1. The van der Waals surface area contributed by atoms with Crippen LogP contribution in [0.4, 0.5) is 5.69 Å². The van der Waals surface area contributed by atoms with Gasteiger partial charge in [0.15, 0.2) is 11.5 Å². The molecule has 154 valence electrons. The van der Waals surface area contributed by atoms with Gasteiger partial charge in [0.05, 0.1) is 5.57 Å². The third-order valence-electron chi connectivity index (χ3n) is 6.68. The van der Waals surface area contributed by atoms with Crippen LogP contribution < -0.4 is 9.73 Å². The average Bonchev–Trinajstić information content (AvgIpc) is 2.81. The summed E-state index contributed by atoms with van der Waals surface area (Å²) in [5, 5.41) is 0. The highest BCUT2D eigenvalue weighted by Crippen LogP contribution is 2.39. The Labute approximate surface area is 180 Å². The summed E-state index contributed by atoms with van der Waals surface area (Å²) in [7, 11) is 0. The first-order chi connectivity index (χ1) is 15.1. The molecule has 1 fully saturated rings. The maximum absolute atomic E-state index is 13.7. The van der Waals surface area contributed by atoms with Crippen LogP contribution in [0, 0.1) is 6.92 Å². The fraction of sp³-hybridized carbons (Fsp3) is 0.269. The number of piperidine rings is 1. The first-order valence-electron chi connectivity index (χ1n) is 10.9. The molecule has 2 aromatic carbocycles. The zero-order chi connectivity index (χ0) is 21.1. The molecule has 2 aliphatic carbocycles. The summed E-state index contributed by atoms with van der Waals surface area (Å²) in [5.74, 6) is 0.577. The van der Waals surface area contributed by atoms with Gasteiger partial charge in [-0.05, 0) is 38.3 Å². The van der Waals surface area contributed by atoms with Gasteiger partial charge in [0, 0.05) is 35.5 Å². The third-order valence-corrected chi connectivity index (χ3v) is 6.68. The van der Waals surface area contributed by atoms with E-state index in [1.807, 2.05) is 43.3 Å². The molecular weight excluding hydrogens is 388 g/mol. The maximum atomic E-state index is 13.7. The summed E-state index contributed by atoms with van der Waals surface area (Å²) in [6, 6.07) is 13.0. The molecule has 0 spiro atoms. The number of allylic oxidation sites excluding steroid dienone is 1. The zero-order valence-electron chi connectivity index (χ0n) is 17.4. The Bertz CT molecular complexity index is 1250. The molecule has 0 radical (unpaired) electrons. The summed E-state index contributed by atoms with van der Waals surface area (Å²) in [5.41, 5.74) is 5.34.